The molecule has 0 aliphatic heterocycles. The summed E-state index contributed by atoms with van der Waals surface area (Å²) >= 11 is 0. The maximum Gasteiger partial charge on any atom is 0.172 e. The molecule has 0 heterocycles. The fraction of sp³-hybridized carbons (Fsp3) is 0.750. The van der Waals surface area contributed by atoms with Gasteiger partial charge in [-0.05, 0) is 6.42 Å². The highest BCUT2D eigenvalue weighted by Crippen LogP contribution is 2.00. The minimum absolute atomic E-state index is 0.781. The minimum atomic E-state index is 0.781. The van der Waals surface area contributed by atoms with Crippen molar-refractivity contribution < 1.29 is 5.11 Å². The lowest BCUT2D eigenvalue weighted by Gasteiger charge is -1.90. The summed E-state index contributed by atoms with van der Waals surface area (Å²) in [4.78, 5) is 0. The maximum atomic E-state index is 9.60. The van der Waals surface area contributed by atoms with E-state index in [-0.39, 0.29) is 0 Å². The van der Waals surface area contributed by atoms with Crippen LogP contribution in [0.5, 0.6) is 0 Å². The van der Waals surface area contributed by atoms with Crippen molar-refractivity contribution in [1.29, 1.82) is 0 Å². The van der Waals surface area contributed by atoms with Gasteiger partial charge >= 0.3 is 0 Å². The number of rotatable bonds is 4. The van der Waals surface area contributed by atoms with Crippen molar-refractivity contribution in [2.75, 3.05) is 0 Å². The monoisotopic (exact) mass is 125 g/mol. The predicted molar refractivity (Wildman–Crippen MR) is 37.2 cm³/mol. The molecular formula is C8H13O. The van der Waals surface area contributed by atoms with E-state index in [0.717, 1.165) is 12.8 Å². The van der Waals surface area contributed by atoms with E-state index in [4.69, 9.17) is 0 Å². The molecule has 0 N–H and O–H groups in total. The van der Waals surface area contributed by atoms with Crippen molar-refractivity contribution in [3.63, 3.8) is 0 Å². The molecule has 9 heavy (non-hydrogen) atoms. The molecule has 0 fully saturated rings. The molecule has 0 bridgehead atoms. The largest absolute Gasteiger partial charge is 0.224 e. The topological polar surface area (TPSA) is 19.9 Å². The molecule has 0 saturated carbocycles. The van der Waals surface area contributed by atoms with E-state index in [1.807, 2.05) is 0 Å². The van der Waals surface area contributed by atoms with Crippen LogP contribution < -0.4 is 0 Å². The van der Waals surface area contributed by atoms with Gasteiger partial charge < -0.3 is 0 Å². The molecule has 0 atom stereocenters. The Balaban J connectivity index is 2.80. The van der Waals surface area contributed by atoms with Gasteiger partial charge in [0.2, 0.25) is 0 Å². The molecule has 0 aliphatic rings. The van der Waals surface area contributed by atoms with Crippen molar-refractivity contribution in [1.82, 2.24) is 0 Å². The van der Waals surface area contributed by atoms with Gasteiger partial charge in [-0.3, -0.25) is 0 Å². The van der Waals surface area contributed by atoms with Crippen molar-refractivity contribution >= 4 is 0 Å². The zero-order valence-corrected chi connectivity index (χ0v) is 5.94. The van der Waals surface area contributed by atoms with Crippen molar-refractivity contribution in [3.8, 4) is 12.0 Å². The summed E-state index contributed by atoms with van der Waals surface area (Å²) in [5.74, 6) is 2.50. The van der Waals surface area contributed by atoms with Crippen LogP contribution in [0.3, 0.4) is 0 Å². The standard InChI is InChI=1S/C8H13O/c1-2-3-4-5-6-7-8-9/h2-6H2,1H3. The molecule has 51 valence electrons. The van der Waals surface area contributed by atoms with Crippen molar-refractivity contribution in [2.45, 2.75) is 39.0 Å². The molecule has 0 unspecified atom stereocenters. The van der Waals surface area contributed by atoms with Crippen LogP contribution in [-0.2, 0) is 5.11 Å². The van der Waals surface area contributed by atoms with E-state index in [9.17, 15) is 5.11 Å². The second-order valence-electron chi connectivity index (χ2n) is 2.09. The van der Waals surface area contributed by atoms with Gasteiger partial charge in [-0.15, -0.1) is 0 Å². The first kappa shape index (κ1) is 8.36. The average Bonchev–Trinajstić information content (AvgIpc) is 1.89. The molecule has 1 radical (unpaired) electrons. The van der Waals surface area contributed by atoms with Gasteiger partial charge in [0.25, 0.3) is 0 Å². The SMILES string of the molecule is CCCCCCC#C[O]. The summed E-state index contributed by atoms with van der Waals surface area (Å²) in [6.07, 6.45) is 7.23. The molecule has 0 saturated heterocycles. The fourth-order valence-corrected chi connectivity index (χ4v) is 0.691. The van der Waals surface area contributed by atoms with E-state index < -0.39 is 0 Å². The van der Waals surface area contributed by atoms with Gasteiger partial charge in [-0.2, -0.15) is 0 Å². The Bertz CT molecular complexity index is 96.9. The highest BCUT2D eigenvalue weighted by atomic mass is 16.2. The Morgan fingerprint density at radius 1 is 1.22 bits per heavy atom. The van der Waals surface area contributed by atoms with E-state index in [1.165, 1.54) is 19.3 Å². The van der Waals surface area contributed by atoms with Gasteiger partial charge in [0.1, 0.15) is 0 Å². The van der Waals surface area contributed by atoms with Crippen LogP contribution in [0.1, 0.15) is 39.0 Å². The lowest BCUT2D eigenvalue weighted by molar-refractivity contribution is 0.391. The molecular weight excluding hydrogens is 112 g/mol. The van der Waals surface area contributed by atoms with Crippen LogP contribution >= 0.6 is 0 Å². The number of unbranched alkanes of at least 4 members (excludes halogenated alkanes) is 4. The first-order valence-corrected chi connectivity index (χ1v) is 3.51. The molecule has 0 aromatic heterocycles. The highest BCUT2D eigenvalue weighted by Gasteiger charge is 1.82. The smallest absolute Gasteiger partial charge is 0.172 e. The zero-order chi connectivity index (χ0) is 6.95. The predicted octanol–water partition coefficient (Wildman–Crippen LogP) is 2.35. The summed E-state index contributed by atoms with van der Waals surface area (Å²) in [6.45, 7) is 2.17. The van der Waals surface area contributed by atoms with Crippen LogP contribution in [0.4, 0.5) is 0 Å². The quantitative estimate of drug-likeness (QED) is 0.406. The molecule has 1 nitrogen and oxygen atoms in total. The summed E-state index contributed by atoms with van der Waals surface area (Å²) < 4.78 is 0. The van der Waals surface area contributed by atoms with Crippen LogP contribution in [-0.4, -0.2) is 0 Å². The van der Waals surface area contributed by atoms with Crippen LogP contribution in [0, 0.1) is 12.0 Å². The molecule has 0 spiro atoms. The summed E-state index contributed by atoms with van der Waals surface area (Å²) in [5.41, 5.74) is 0. The number of hydrogen-bond donors (Lipinski definition) is 0. The first-order chi connectivity index (χ1) is 4.41. The van der Waals surface area contributed by atoms with E-state index in [1.54, 1.807) is 6.11 Å². The fourth-order valence-electron chi connectivity index (χ4n) is 0.691. The molecule has 1 heteroatoms. The Morgan fingerprint density at radius 3 is 2.56 bits per heavy atom. The molecule has 0 aromatic carbocycles. The minimum Gasteiger partial charge on any atom is -0.224 e. The average molecular weight is 125 g/mol. The Morgan fingerprint density at radius 2 is 2.00 bits per heavy atom. The summed E-state index contributed by atoms with van der Waals surface area (Å²) in [7, 11) is 0. The van der Waals surface area contributed by atoms with Gasteiger partial charge in [0.05, 0.1) is 0 Å². The van der Waals surface area contributed by atoms with Crippen molar-refractivity contribution in [2.24, 2.45) is 0 Å². The number of hydrogen-bond acceptors (Lipinski definition) is 0. The highest BCUT2D eigenvalue weighted by molar-refractivity contribution is 4.88. The molecule has 0 amide bonds. The third-order valence-corrected chi connectivity index (χ3v) is 1.23. The van der Waals surface area contributed by atoms with E-state index in [0.29, 0.717) is 0 Å². The first-order valence-electron chi connectivity index (χ1n) is 3.51. The Kier molecular flexibility index (Phi) is 6.84. The molecule has 0 aromatic rings. The molecule has 0 aliphatic carbocycles. The van der Waals surface area contributed by atoms with E-state index >= 15 is 0 Å². The van der Waals surface area contributed by atoms with Gasteiger partial charge in [-0.1, -0.05) is 32.1 Å². The maximum absolute atomic E-state index is 9.60. The Labute approximate surface area is 57.1 Å². The Hall–Kier alpha value is -0.640. The second kappa shape index (κ2) is 7.36. The lowest BCUT2D eigenvalue weighted by Crippen LogP contribution is -1.73. The van der Waals surface area contributed by atoms with Gasteiger partial charge in [0, 0.05) is 6.42 Å². The van der Waals surface area contributed by atoms with Crippen LogP contribution in [0.25, 0.3) is 0 Å². The van der Waals surface area contributed by atoms with Crippen LogP contribution in [0.15, 0.2) is 0 Å². The zero-order valence-electron chi connectivity index (χ0n) is 5.94. The lowest BCUT2D eigenvalue weighted by atomic mass is 10.2. The third-order valence-electron chi connectivity index (χ3n) is 1.23. The van der Waals surface area contributed by atoms with Crippen LogP contribution in [0.2, 0.25) is 0 Å². The van der Waals surface area contributed by atoms with E-state index in [2.05, 4.69) is 12.8 Å². The summed E-state index contributed by atoms with van der Waals surface area (Å²) in [5, 5.41) is 9.60. The summed E-state index contributed by atoms with van der Waals surface area (Å²) in [6, 6.07) is 0. The second-order valence-corrected chi connectivity index (χ2v) is 2.09. The van der Waals surface area contributed by atoms with Gasteiger partial charge in [0.15, 0.2) is 6.11 Å². The normalized spacial score (nSPS) is 8.11. The third kappa shape index (κ3) is 7.36. The molecule has 0 rings (SSSR count). The van der Waals surface area contributed by atoms with Gasteiger partial charge in [-0.25, -0.2) is 5.11 Å². The van der Waals surface area contributed by atoms with Crippen molar-refractivity contribution in [3.05, 3.63) is 0 Å².